The van der Waals surface area contributed by atoms with Crippen LogP contribution in [0.3, 0.4) is 0 Å². The Hall–Kier alpha value is -0.850. The lowest BCUT2D eigenvalue weighted by molar-refractivity contribution is -0.121. The van der Waals surface area contributed by atoms with Crippen molar-refractivity contribution < 1.29 is 38.0 Å². The topological polar surface area (TPSA) is 97.0 Å². The number of nitrogens with one attached hydrogen (secondary N) is 1. The average molecular weight is 497 g/mol. The van der Waals surface area contributed by atoms with Crippen LogP contribution >= 0.6 is 0 Å². The molecule has 0 aliphatic rings. The molecule has 0 spiro atoms. The number of nitrogens with zero attached hydrogens (tertiary/aromatic N) is 1. The molecule has 34 heavy (non-hydrogen) atoms. The van der Waals surface area contributed by atoms with Gasteiger partial charge in [0.05, 0.1) is 85.9 Å². The molecule has 0 aromatic heterocycles. The number of hydrogen-bond acceptors (Lipinski definition) is 9. The van der Waals surface area contributed by atoms with Gasteiger partial charge in [-0.15, -0.1) is 0 Å². The van der Waals surface area contributed by atoms with Crippen molar-refractivity contribution in [2.24, 2.45) is 0 Å². The molecule has 0 aliphatic carbocycles. The predicted molar refractivity (Wildman–Crippen MR) is 134 cm³/mol. The second-order valence-electron chi connectivity index (χ2n) is 7.15. The van der Waals surface area contributed by atoms with Crippen molar-refractivity contribution in [1.82, 2.24) is 10.2 Å². The van der Waals surface area contributed by atoms with Crippen LogP contribution in [-0.4, -0.2) is 130 Å². The minimum absolute atomic E-state index is 0.0342. The summed E-state index contributed by atoms with van der Waals surface area (Å²) in [5.41, 5.74) is 0. The third-order valence-corrected chi connectivity index (χ3v) is 4.02. The van der Waals surface area contributed by atoms with E-state index >= 15 is 0 Å². The molecule has 0 saturated heterocycles. The summed E-state index contributed by atoms with van der Waals surface area (Å²) in [5, 5.41) is 2.74. The third kappa shape index (κ3) is 33.3. The highest BCUT2D eigenvalue weighted by molar-refractivity contribution is 5.75. The van der Waals surface area contributed by atoms with Crippen LogP contribution in [0.5, 0.6) is 0 Å². The summed E-state index contributed by atoms with van der Waals surface area (Å²) in [6.07, 6.45) is 1.53. The second kappa shape index (κ2) is 32.1. The van der Waals surface area contributed by atoms with Crippen LogP contribution in [0.15, 0.2) is 0 Å². The number of amides is 1. The van der Waals surface area contributed by atoms with Crippen molar-refractivity contribution in [2.75, 3.05) is 120 Å². The molecule has 0 radical (unpaired) electrons. The fourth-order valence-electron chi connectivity index (χ4n) is 2.29. The maximum Gasteiger partial charge on any atom is 0.219 e. The SMILES string of the molecule is CC.CCC(=O)NCCOCCOCCOCCOCCOCCOCCOCCCN(C)C. The first-order chi connectivity index (χ1) is 16.7. The Kier molecular flexibility index (Phi) is 33.4. The van der Waals surface area contributed by atoms with Gasteiger partial charge < -0.3 is 43.4 Å². The lowest BCUT2D eigenvalue weighted by Gasteiger charge is -2.10. The van der Waals surface area contributed by atoms with Crippen LogP contribution in [0.2, 0.25) is 0 Å². The fourth-order valence-corrected chi connectivity index (χ4v) is 2.29. The van der Waals surface area contributed by atoms with Crippen molar-refractivity contribution in [3.8, 4) is 0 Å². The molecule has 0 saturated carbocycles. The van der Waals surface area contributed by atoms with Crippen LogP contribution in [-0.2, 0) is 38.0 Å². The zero-order valence-electron chi connectivity index (χ0n) is 22.4. The molecule has 0 bridgehead atoms. The summed E-state index contributed by atoms with van der Waals surface area (Å²) in [4.78, 5) is 13.2. The van der Waals surface area contributed by atoms with Crippen molar-refractivity contribution in [3.05, 3.63) is 0 Å². The molecule has 0 atom stereocenters. The van der Waals surface area contributed by atoms with Gasteiger partial charge in [0.1, 0.15) is 0 Å². The molecule has 0 heterocycles. The molecular formula is C24H52N2O8. The summed E-state index contributed by atoms with van der Waals surface area (Å²) in [6, 6.07) is 0. The van der Waals surface area contributed by atoms with Gasteiger partial charge in [0, 0.05) is 19.6 Å². The van der Waals surface area contributed by atoms with Crippen molar-refractivity contribution >= 4 is 5.91 Å². The first-order valence-electron chi connectivity index (χ1n) is 12.6. The molecule has 10 heteroatoms. The zero-order chi connectivity index (χ0) is 25.5. The van der Waals surface area contributed by atoms with Crippen LogP contribution in [0, 0.1) is 0 Å². The molecule has 0 aromatic rings. The Bertz CT molecular complexity index is 390. The molecule has 0 aromatic carbocycles. The summed E-state index contributed by atoms with van der Waals surface area (Å²) in [7, 11) is 4.11. The van der Waals surface area contributed by atoms with Gasteiger partial charge in [0.25, 0.3) is 0 Å². The molecule has 0 aliphatic heterocycles. The number of carbonyl (C=O) groups is 1. The maximum atomic E-state index is 11.0. The summed E-state index contributed by atoms with van der Waals surface area (Å²) in [5.74, 6) is 0.0342. The van der Waals surface area contributed by atoms with Crippen LogP contribution in [0.1, 0.15) is 33.6 Å². The lowest BCUT2D eigenvalue weighted by Crippen LogP contribution is -2.26. The van der Waals surface area contributed by atoms with E-state index in [1.165, 1.54) is 0 Å². The second-order valence-corrected chi connectivity index (χ2v) is 7.15. The fraction of sp³-hybridized carbons (Fsp3) is 0.958. The predicted octanol–water partition coefficient (Wildman–Crippen LogP) is 1.61. The molecule has 1 amide bonds. The molecule has 0 rings (SSSR count). The van der Waals surface area contributed by atoms with Gasteiger partial charge in [-0.2, -0.15) is 0 Å². The Labute approximate surface area is 207 Å². The van der Waals surface area contributed by atoms with Gasteiger partial charge in [-0.1, -0.05) is 20.8 Å². The lowest BCUT2D eigenvalue weighted by atomic mass is 10.4. The Morgan fingerprint density at radius 2 is 0.912 bits per heavy atom. The van der Waals surface area contributed by atoms with E-state index in [9.17, 15) is 4.79 Å². The van der Waals surface area contributed by atoms with Gasteiger partial charge in [0.2, 0.25) is 5.91 Å². The summed E-state index contributed by atoms with van der Waals surface area (Å²) >= 11 is 0. The first kappa shape index (κ1) is 35.3. The monoisotopic (exact) mass is 496 g/mol. The minimum Gasteiger partial charge on any atom is -0.379 e. The van der Waals surface area contributed by atoms with Crippen molar-refractivity contribution in [1.29, 1.82) is 0 Å². The van der Waals surface area contributed by atoms with E-state index in [0.717, 1.165) is 19.6 Å². The standard InChI is InChI=1S/C22H46N2O8.C2H6/c1-4-22(25)23-6-9-27-11-13-29-15-17-31-19-21-32-20-18-30-16-14-28-12-10-26-8-5-7-24(2)3;1-2/h4-21H2,1-3H3,(H,23,25);1-2H3. The molecule has 1 N–H and O–H groups in total. The normalized spacial score (nSPS) is 10.9. The van der Waals surface area contributed by atoms with Gasteiger partial charge in [-0.25, -0.2) is 0 Å². The smallest absolute Gasteiger partial charge is 0.219 e. The van der Waals surface area contributed by atoms with E-state index in [1.54, 1.807) is 0 Å². The molecule has 0 unspecified atom stereocenters. The first-order valence-corrected chi connectivity index (χ1v) is 12.6. The van der Waals surface area contributed by atoms with Crippen LogP contribution in [0.4, 0.5) is 0 Å². The van der Waals surface area contributed by atoms with E-state index < -0.39 is 0 Å². The van der Waals surface area contributed by atoms with Crippen molar-refractivity contribution in [3.63, 3.8) is 0 Å². The van der Waals surface area contributed by atoms with E-state index in [4.69, 9.17) is 33.2 Å². The zero-order valence-corrected chi connectivity index (χ0v) is 22.4. The van der Waals surface area contributed by atoms with E-state index in [2.05, 4.69) is 24.3 Å². The molecule has 0 fully saturated rings. The molecular weight excluding hydrogens is 444 g/mol. The highest BCUT2D eigenvalue weighted by Gasteiger charge is 1.96. The molecule has 10 nitrogen and oxygen atoms in total. The van der Waals surface area contributed by atoms with E-state index in [-0.39, 0.29) is 5.91 Å². The highest BCUT2D eigenvalue weighted by Crippen LogP contribution is 1.87. The Balaban J connectivity index is 0. The minimum atomic E-state index is 0.0342. The van der Waals surface area contributed by atoms with E-state index in [0.29, 0.717) is 98.9 Å². The van der Waals surface area contributed by atoms with Crippen LogP contribution < -0.4 is 5.32 Å². The number of ether oxygens (including phenoxy) is 7. The largest absolute Gasteiger partial charge is 0.379 e. The number of carbonyl (C=O) groups excluding carboxylic acids is 1. The van der Waals surface area contributed by atoms with Crippen LogP contribution in [0.25, 0.3) is 0 Å². The third-order valence-electron chi connectivity index (χ3n) is 4.02. The summed E-state index contributed by atoms with van der Waals surface area (Å²) < 4.78 is 38.0. The highest BCUT2D eigenvalue weighted by atomic mass is 16.6. The van der Waals surface area contributed by atoms with Gasteiger partial charge >= 0.3 is 0 Å². The van der Waals surface area contributed by atoms with E-state index in [1.807, 2.05) is 20.8 Å². The van der Waals surface area contributed by atoms with Gasteiger partial charge in [-0.3, -0.25) is 4.79 Å². The van der Waals surface area contributed by atoms with Gasteiger partial charge in [0.15, 0.2) is 0 Å². The van der Waals surface area contributed by atoms with Crippen molar-refractivity contribution in [2.45, 2.75) is 33.6 Å². The quantitative estimate of drug-likeness (QED) is 0.179. The maximum absolute atomic E-state index is 11.0. The number of hydrogen-bond donors (Lipinski definition) is 1. The molecule has 206 valence electrons. The number of rotatable bonds is 26. The Morgan fingerprint density at radius 1 is 0.588 bits per heavy atom. The van der Waals surface area contributed by atoms with Gasteiger partial charge in [-0.05, 0) is 27.1 Å². The summed E-state index contributed by atoms with van der Waals surface area (Å²) in [6.45, 7) is 15.1. The average Bonchev–Trinajstić information content (AvgIpc) is 2.84. The Morgan fingerprint density at radius 3 is 1.24 bits per heavy atom.